The van der Waals surface area contributed by atoms with Gasteiger partial charge < -0.3 is 20.0 Å². The summed E-state index contributed by atoms with van der Waals surface area (Å²) in [6, 6.07) is 5.00. The predicted octanol–water partition coefficient (Wildman–Crippen LogP) is 2.95. The van der Waals surface area contributed by atoms with E-state index < -0.39 is 6.10 Å². The number of nitrogens with one attached hydrogen (secondary N) is 2. The first-order chi connectivity index (χ1) is 12.7. The fourth-order valence-corrected chi connectivity index (χ4v) is 4.14. The van der Waals surface area contributed by atoms with Gasteiger partial charge in [-0.05, 0) is 38.7 Å². The number of hydrogen-bond acceptors (Lipinski definition) is 5. The molecule has 1 aliphatic rings. The first kappa shape index (κ1) is 17.0. The summed E-state index contributed by atoms with van der Waals surface area (Å²) in [5.41, 5.74) is 2.75. The standard InChI is InChI=1S/C19H24N6O/c1-12(26)19-24-16-11-23-18-15(7-10-22-18)17(16)25(19)14-5-3-13(4-6-14)21-9-2-8-20/h7,10-14,21,26H,2-6,9H2,1H3,(H,22,23). The fourth-order valence-electron chi connectivity index (χ4n) is 4.14. The minimum absolute atomic E-state index is 0.319. The van der Waals surface area contributed by atoms with Crippen molar-refractivity contribution in [1.29, 1.82) is 5.26 Å². The molecule has 0 aromatic carbocycles. The molecular formula is C19H24N6O. The Morgan fingerprint density at radius 3 is 2.96 bits per heavy atom. The quantitative estimate of drug-likeness (QED) is 0.613. The van der Waals surface area contributed by atoms with E-state index >= 15 is 0 Å². The molecule has 3 aromatic rings. The highest BCUT2D eigenvalue weighted by Crippen LogP contribution is 2.36. The molecule has 3 N–H and O–H groups in total. The molecule has 1 atom stereocenters. The third-order valence-corrected chi connectivity index (χ3v) is 5.37. The number of aliphatic hydroxyl groups is 1. The lowest BCUT2D eigenvalue weighted by Crippen LogP contribution is -2.34. The number of imidazole rings is 1. The average molecular weight is 352 g/mol. The highest BCUT2D eigenvalue weighted by Gasteiger charge is 2.27. The van der Waals surface area contributed by atoms with Crippen molar-refractivity contribution in [2.24, 2.45) is 0 Å². The van der Waals surface area contributed by atoms with Crippen molar-refractivity contribution < 1.29 is 5.11 Å². The number of aromatic amines is 1. The zero-order valence-corrected chi connectivity index (χ0v) is 14.9. The first-order valence-electron chi connectivity index (χ1n) is 9.31. The van der Waals surface area contributed by atoms with Crippen molar-refractivity contribution in [3.05, 3.63) is 24.3 Å². The lowest BCUT2D eigenvalue weighted by atomic mass is 9.90. The number of nitrogens with zero attached hydrogens (tertiary/aromatic N) is 4. The third kappa shape index (κ3) is 2.96. The first-order valence-corrected chi connectivity index (χ1v) is 9.31. The Morgan fingerprint density at radius 2 is 2.23 bits per heavy atom. The van der Waals surface area contributed by atoms with Crippen LogP contribution in [0.2, 0.25) is 0 Å². The molecule has 3 heterocycles. The number of hydrogen-bond donors (Lipinski definition) is 3. The number of H-pyrrole nitrogens is 1. The molecule has 1 unspecified atom stereocenters. The Balaban J connectivity index is 1.66. The molecule has 0 aliphatic heterocycles. The summed E-state index contributed by atoms with van der Waals surface area (Å²) in [7, 11) is 0. The molecule has 1 aliphatic carbocycles. The highest BCUT2D eigenvalue weighted by atomic mass is 16.3. The van der Waals surface area contributed by atoms with Crippen molar-refractivity contribution in [2.75, 3.05) is 6.54 Å². The Hall–Kier alpha value is -2.43. The molecule has 0 spiro atoms. The van der Waals surface area contributed by atoms with Gasteiger partial charge in [0.25, 0.3) is 0 Å². The molecule has 26 heavy (non-hydrogen) atoms. The Labute approximate surface area is 152 Å². The molecule has 0 saturated heterocycles. The predicted molar refractivity (Wildman–Crippen MR) is 99.5 cm³/mol. The maximum Gasteiger partial charge on any atom is 0.139 e. The summed E-state index contributed by atoms with van der Waals surface area (Å²) in [5.74, 6) is 0.719. The second kappa shape index (κ2) is 7.06. The van der Waals surface area contributed by atoms with Crippen molar-refractivity contribution in [1.82, 2.24) is 24.8 Å². The summed E-state index contributed by atoms with van der Waals surface area (Å²) >= 11 is 0. The number of aromatic nitrogens is 4. The van der Waals surface area contributed by atoms with Crippen molar-refractivity contribution in [2.45, 2.75) is 57.2 Å². The van der Waals surface area contributed by atoms with Gasteiger partial charge in [0, 0.05) is 36.6 Å². The SMILES string of the molecule is CC(O)c1nc2cnc3[nH]ccc3c2n1C1CCC(NCCC#N)CC1. The molecule has 0 radical (unpaired) electrons. The zero-order valence-electron chi connectivity index (χ0n) is 14.9. The summed E-state index contributed by atoms with van der Waals surface area (Å²) in [6.07, 6.45) is 7.80. The second-order valence-corrected chi connectivity index (χ2v) is 7.12. The minimum atomic E-state index is -0.622. The summed E-state index contributed by atoms with van der Waals surface area (Å²) in [6.45, 7) is 2.53. The highest BCUT2D eigenvalue weighted by molar-refractivity contribution is 6.01. The number of rotatable bonds is 5. The summed E-state index contributed by atoms with van der Waals surface area (Å²) in [4.78, 5) is 12.3. The Kier molecular flexibility index (Phi) is 4.62. The molecule has 0 bridgehead atoms. The van der Waals surface area contributed by atoms with Gasteiger partial charge in [0.15, 0.2) is 0 Å². The molecule has 136 valence electrons. The van der Waals surface area contributed by atoms with Gasteiger partial charge in [-0.1, -0.05) is 0 Å². The number of pyridine rings is 1. The zero-order chi connectivity index (χ0) is 18.1. The Morgan fingerprint density at radius 1 is 1.42 bits per heavy atom. The minimum Gasteiger partial charge on any atom is -0.385 e. The normalized spacial score (nSPS) is 21.9. The van der Waals surface area contributed by atoms with E-state index in [-0.39, 0.29) is 0 Å². The van der Waals surface area contributed by atoms with Gasteiger partial charge in [-0.2, -0.15) is 5.26 Å². The van der Waals surface area contributed by atoms with Crippen LogP contribution in [0.4, 0.5) is 0 Å². The largest absolute Gasteiger partial charge is 0.385 e. The second-order valence-electron chi connectivity index (χ2n) is 7.12. The van der Waals surface area contributed by atoms with Crippen LogP contribution in [0.15, 0.2) is 18.5 Å². The topological polar surface area (TPSA) is 103 Å². The lowest BCUT2D eigenvalue weighted by molar-refractivity contribution is 0.176. The van der Waals surface area contributed by atoms with Crippen LogP contribution < -0.4 is 5.32 Å². The molecule has 7 nitrogen and oxygen atoms in total. The van der Waals surface area contributed by atoms with E-state index in [4.69, 9.17) is 5.26 Å². The van der Waals surface area contributed by atoms with Crippen LogP contribution in [0, 0.1) is 11.3 Å². The molecule has 1 saturated carbocycles. The molecule has 7 heteroatoms. The van der Waals surface area contributed by atoms with Crippen LogP contribution in [0.1, 0.15) is 57.0 Å². The van der Waals surface area contributed by atoms with Crippen molar-refractivity contribution in [3.63, 3.8) is 0 Å². The maximum absolute atomic E-state index is 10.3. The summed E-state index contributed by atoms with van der Waals surface area (Å²) in [5, 5.41) is 23.5. The molecule has 3 aromatic heterocycles. The van der Waals surface area contributed by atoms with Gasteiger partial charge >= 0.3 is 0 Å². The van der Waals surface area contributed by atoms with Gasteiger partial charge in [0.2, 0.25) is 0 Å². The molecular weight excluding hydrogens is 328 g/mol. The van der Waals surface area contributed by atoms with E-state index in [1.807, 2.05) is 12.3 Å². The van der Waals surface area contributed by atoms with E-state index in [0.717, 1.165) is 60.1 Å². The number of nitriles is 1. The average Bonchev–Trinajstić information content (AvgIpc) is 3.26. The van der Waals surface area contributed by atoms with Gasteiger partial charge in [-0.25, -0.2) is 9.97 Å². The van der Waals surface area contributed by atoms with Gasteiger partial charge in [0.05, 0.1) is 17.8 Å². The van der Waals surface area contributed by atoms with Crippen molar-refractivity contribution in [3.8, 4) is 6.07 Å². The van der Waals surface area contributed by atoms with Crippen LogP contribution in [0.25, 0.3) is 22.1 Å². The van der Waals surface area contributed by atoms with Gasteiger partial charge in [0.1, 0.15) is 23.1 Å². The van der Waals surface area contributed by atoms with Crippen LogP contribution in [-0.2, 0) is 0 Å². The molecule has 0 amide bonds. The fraction of sp³-hybridized carbons (Fsp3) is 0.526. The van der Waals surface area contributed by atoms with E-state index in [1.54, 1.807) is 13.1 Å². The van der Waals surface area contributed by atoms with E-state index in [9.17, 15) is 5.11 Å². The van der Waals surface area contributed by atoms with Crippen LogP contribution in [0.5, 0.6) is 0 Å². The van der Waals surface area contributed by atoms with E-state index in [1.165, 1.54) is 0 Å². The van der Waals surface area contributed by atoms with Crippen LogP contribution in [0.3, 0.4) is 0 Å². The van der Waals surface area contributed by atoms with Gasteiger partial charge in [-0.15, -0.1) is 0 Å². The number of aliphatic hydroxyl groups excluding tert-OH is 1. The van der Waals surface area contributed by atoms with E-state index in [0.29, 0.717) is 18.5 Å². The molecule has 1 fully saturated rings. The third-order valence-electron chi connectivity index (χ3n) is 5.37. The summed E-state index contributed by atoms with van der Waals surface area (Å²) < 4.78 is 2.24. The van der Waals surface area contributed by atoms with Crippen LogP contribution in [-0.4, -0.2) is 37.2 Å². The van der Waals surface area contributed by atoms with Crippen molar-refractivity contribution >= 4 is 22.1 Å². The van der Waals surface area contributed by atoms with Gasteiger partial charge in [-0.3, -0.25) is 0 Å². The monoisotopic (exact) mass is 352 g/mol. The number of fused-ring (bicyclic) bond motifs is 3. The van der Waals surface area contributed by atoms with Crippen LogP contribution >= 0.6 is 0 Å². The lowest BCUT2D eigenvalue weighted by Gasteiger charge is -2.31. The smallest absolute Gasteiger partial charge is 0.139 e. The maximum atomic E-state index is 10.3. The Bertz CT molecular complexity index is 942. The molecule has 4 rings (SSSR count). The van der Waals surface area contributed by atoms with E-state index in [2.05, 4.69) is 30.9 Å².